The molecule has 4 heteroatoms. The van der Waals surface area contributed by atoms with E-state index >= 15 is 0 Å². The van der Waals surface area contributed by atoms with Crippen LogP contribution in [-0.2, 0) is 10.8 Å². The number of aryl methyl sites for hydroxylation is 1. The van der Waals surface area contributed by atoms with E-state index in [-0.39, 0.29) is 10.6 Å². The Morgan fingerprint density at radius 2 is 1.96 bits per heavy atom. The number of fused-ring (bicyclic) bond motifs is 1. The van der Waals surface area contributed by atoms with Gasteiger partial charge in [0.2, 0.25) is 0 Å². The van der Waals surface area contributed by atoms with Crippen LogP contribution in [0.5, 0.6) is 0 Å². The van der Waals surface area contributed by atoms with Gasteiger partial charge in [-0.25, -0.2) is 4.85 Å². The molecule has 1 aromatic rings. The number of nitrogens with zero attached hydrogens (tertiary/aromatic N) is 2. The molecule has 1 aliphatic heterocycles. The van der Waals surface area contributed by atoms with Gasteiger partial charge in [-0.05, 0) is 62.4 Å². The molecule has 0 spiro atoms. The number of hydrogen-bond donors (Lipinski definition) is 0. The lowest BCUT2D eigenvalue weighted by Gasteiger charge is -2.55. The van der Waals surface area contributed by atoms with Crippen molar-refractivity contribution >= 4 is 19.7 Å². The molecule has 1 heterocycles. The first kappa shape index (κ1) is 18.5. The second-order valence-corrected chi connectivity index (χ2v) is 14.3. The minimum atomic E-state index is -1.73. The minimum absolute atomic E-state index is 0.0166. The van der Waals surface area contributed by atoms with Gasteiger partial charge in [0.25, 0.3) is 0 Å². The number of benzene rings is 1. The van der Waals surface area contributed by atoms with E-state index in [1.807, 2.05) is 6.07 Å². The molecular weight excluding hydrogens is 324 g/mol. The lowest BCUT2D eigenvalue weighted by molar-refractivity contribution is -0.0189. The van der Waals surface area contributed by atoms with Crippen LogP contribution in [0.1, 0.15) is 52.5 Å². The second-order valence-electron chi connectivity index (χ2n) is 9.60. The summed E-state index contributed by atoms with van der Waals surface area (Å²) in [6.45, 7) is 22.3. The molecule has 0 aromatic heterocycles. The molecule has 0 bridgehead atoms. The topological polar surface area (TPSA) is 16.8 Å². The van der Waals surface area contributed by atoms with E-state index in [0.717, 1.165) is 31.5 Å². The van der Waals surface area contributed by atoms with Crippen LogP contribution in [0.3, 0.4) is 0 Å². The van der Waals surface area contributed by atoms with Crippen molar-refractivity contribution in [1.82, 2.24) is 0 Å². The summed E-state index contributed by atoms with van der Waals surface area (Å²) in [4.78, 5) is 6.17. The summed E-state index contributed by atoms with van der Waals surface area (Å²) in [6, 6.07) is 6.75. The number of hydrogen-bond acceptors (Lipinski definition) is 2. The molecular formula is C21H32N2OSi. The SMILES string of the molecule is [C-]#[N+]c1ccc2c(c1)N(C1CC(C)(O[Si](C)(C)C(C)(C)C)C1)CCC2. The predicted octanol–water partition coefficient (Wildman–Crippen LogP) is 5.93. The molecule has 0 saturated heterocycles. The summed E-state index contributed by atoms with van der Waals surface area (Å²) in [5.74, 6) is 0. The van der Waals surface area contributed by atoms with Gasteiger partial charge in [-0.2, -0.15) is 0 Å². The van der Waals surface area contributed by atoms with Crippen molar-refractivity contribution in [3.63, 3.8) is 0 Å². The van der Waals surface area contributed by atoms with Crippen molar-refractivity contribution < 1.29 is 4.43 Å². The first-order chi connectivity index (χ1) is 11.5. The van der Waals surface area contributed by atoms with Gasteiger partial charge in [0.05, 0.1) is 12.2 Å². The number of rotatable bonds is 3. The smallest absolute Gasteiger partial charge is 0.192 e. The number of anilines is 1. The van der Waals surface area contributed by atoms with Crippen molar-refractivity contribution in [2.24, 2.45) is 0 Å². The van der Waals surface area contributed by atoms with Gasteiger partial charge >= 0.3 is 0 Å². The fourth-order valence-corrected chi connectivity index (χ4v) is 5.75. The molecule has 2 aliphatic rings. The average molecular weight is 357 g/mol. The Morgan fingerprint density at radius 3 is 2.56 bits per heavy atom. The van der Waals surface area contributed by atoms with Crippen molar-refractivity contribution in [3.8, 4) is 0 Å². The molecule has 1 fully saturated rings. The Bertz CT molecular complexity index is 693. The lowest BCUT2D eigenvalue weighted by atomic mass is 9.75. The average Bonchev–Trinajstić information content (AvgIpc) is 2.50. The Labute approximate surface area is 154 Å². The highest BCUT2D eigenvalue weighted by Crippen LogP contribution is 2.48. The van der Waals surface area contributed by atoms with E-state index in [9.17, 15) is 0 Å². The predicted molar refractivity (Wildman–Crippen MR) is 108 cm³/mol. The summed E-state index contributed by atoms with van der Waals surface area (Å²) in [5.41, 5.74) is 3.46. The summed E-state index contributed by atoms with van der Waals surface area (Å²) in [7, 11) is -1.73. The highest BCUT2D eigenvalue weighted by Gasteiger charge is 2.50. The second kappa shape index (κ2) is 6.14. The van der Waals surface area contributed by atoms with E-state index in [1.165, 1.54) is 17.7 Å². The first-order valence-electron chi connectivity index (χ1n) is 9.52. The third kappa shape index (κ3) is 3.50. The molecule has 3 rings (SSSR count). The zero-order chi connectivity index (χ0) is 18.5. The first-order valence-corrected chi connectivity index (χ1v) is 12.4. The normalized spacial score (nSPS) is 26.6. The van der Waals surface area contributed by atoms with E-state index in [1.54, 1.807) is 0 Å². The molecule has 136 valence electrons. The van der Waals surface area contributed by atoms with Gasteiger partial charge in [0.15, 0.2) is 14.0 Å². The Balaban J connectivity index is 1.73. The van der Waals surface area contributed by atoms with E-state index in [2.05, 4.69) is 62.7 Å². The highest BCUT2D eigenvalue weighted by atomic mass is 28.4. The zero-order valence-electron chi connectivity index (χ0n) is 16.6. The van der Waals surface area contributed by atoms with Crippen LogP contribution in [0.25, 0.3) is 4.85 Å². The monoisotopic (exact) mass is 356 g/mol. The van der Waals surface area contributed by atoms with Crippen LogP contribution in [-0.4, -0.2) is 26.5 Å². The van der Waals surface area contributed by atoms with Crippen LogP contribution >= 0.6 is 0 Å². The molecule has 3 nitrogen and oxygen atoms in total. The maximum absolute atomic E-state index is 7.30. The maximum Gasteiger partial charge on any atom is 0.192 e. The maximum atomic E-state index is 7.30. The standard InChI is InChI=1S/C21H32N2OSi/c1-20(2,3)25(6,7)24-21(4)14-18(15-21)23-12-8-9-16-10-11-17(22-5)13-19(16)23/h10-11,13,18H,8-9,12,14-15H2,1-4,6-7H3. The van der Waals surface area contributed by atoms with Crippen LogP contribution < -0.4 is 4.90 Å². The largest absolute Gasteiger partial charge is 0.411 e. The fraction of sp³-hybridized carbons (Fsp3) is 0.667. The molecule has 1 saturated carbocycles. The molecule has 1 aromatic carbocycles. The molecule has 0 unspecified atom stereocenters. The third-order valence-electron chi connectivity index (χ3n) is 6.44. The van der Waals surface area contributed by atoms with Gasteiger partial charge in [-0.1, -0.05) is 32.9 Å². The van der Waals surface area contributed by atoms with Gasteiger partial charge in [0, 0.05) is 18.3 Å². The Kier molecular flexibility index (Phi) is 4.54. The summed E-state index contributed by atoms with van der Waals surface area (Å²) >= 11 is 0. The lowest BCUT2D eigenvalue weighted by Crippen LogP contribution is -2.60. The van der Waals surface area contributed by atoms with Crippen molar-refractivity contribution in [2.75, 3.05) is 11.4 Å². The van der Waals surface area contributed by atoms with Crippen molar-refractivity contribution in [3.05, 3.63) is 35.2 Å². The summed E-state index contributed by atoms with van der Waals surface area (Å²) in [6.07, 6.45) is 4.54. The third-order valence-corrected chi connectivity index (χ3v) is 11.1. The van der Waals surface area contributed by atoms with Gasteiger partial charge in [0.1, 0.15) is 0 Å². The quantitative estimate of drug-likeness (QED) is 0.493. The Morgan fingerprint density at radius 1 is 1.28 bits per heavy atom. The minimum Gasteiger partial charge on any atom is -0.411 e. The Hall–Kier alpha value is -1.31. The molecule has 0 N–H and O–H groups in total. The summed E-state index contributed by atoms with van der Waals surface area (Å²) < 4.78 is 6.74. The van der Waals surface area contributed by atoms with Crippen molar-refractivity contribution in [1.29, 1.82) is 0 Å². The van der Waals surface area contributed by atoms with Gasteiger partial charge < -0.3 is 9.33 Å². The van der Waals surface area contributed by atoms with E-state index in [0.29, 0.717) is 6.04 Å². The van der Waals surface area contributed by atoms with Crippen LogP contribution in [0.15, 0.2) is 18.2 Å². The van der Waals surface area contributed by atoms with Crippen molar-refractivity contribution in [2.45, 2.75) is 83.2 Å². The van der Waals surface area contributed by atoms with E-state index in [4.69, 9.17) is 11.0 Å². The molecule has 1 aliphatic carbocycles. The highest BCUT2D eigenvalue weighted by molar-refractivity contribution is 6.74. The van der Waals surface area contributed by atoms with Gasteiger partial charge in [-0.15, -0.1) is 0 Å². The molecule has 0 atom stereocenters. The van der Waals surface area contributed by atoms with E-state index < -0.39 is 8.32 Å². The van der Waals surface area contributed by atoms with Crippen LogP contribution in [0.2, 0.25) is 18.1 Å². The van der Waals surface area contributed by atoms with Gasteiger partial charge in [-0.3, -0.25) is 0 Å². The molecule has 25 heavy (non-hydrogen) atoms. The molecule has 0 amide bonds. The fourth-order valence-electron chi connectivity index (χ4n) is 4.05. The molecule has 0 radical (unpaired) electrons. The summed E-state index contributed by atoms with van der Waals surface area (Å²) in [5, 5.41) is 0.253. The zero-order valence-corrected chi connectivity index (χ0v) is 17.6. The van der Waals surface area contributed by atoms with Crippen LogP contribution in [0.4, 0.5) is 11.4 Å². The van der Waals surface area contributed by atoms with Crippen LogP contribution in [0, 0.1) is 6.57 Å².